The molecule has 84 valence electrons. The number of anilines is 1. The van der Waals surface area contributed by atoms with Crippen LogP contribution in [0.25, 0.3) is 0 Å². The maximum absolute atomic E-state index is 11.6. The largest absolute Gasteiger partial charge is 0.298 e. The number of rotatable bonds is 3. The molecule has 0 fully saturated rings. The SMILES string of the molecule is NNc1nnc(Cn2cncc(Br)c2=O)s1. The fourth-order valence-corrected chi connectivity index (χ4v) is 2.05. The zero-order chi connectivity index (χ0) is 11.5. The van der Waals surface area contributed by atoms with E-state index in [2.05, 4.69) is 36.5 Å². The maximum atomic E-state index is 11.6. The summed E-state index contributed by atoms with van der Waals surface area (Å²) in [6.45, 7) is 0.324. The van der Waals surface area contributed by atoms with Crippen LogP contribution in [0.4, 0.5) is 5.13 Å². The Hall–Kier alpha value is -1.32. The highest BCUT2D eigenvalue weighted by atomic mass is 79.9. The first-order chi connectivity index (χ1) is 7.70. The predicted molar refractivity (Wildman–Crippen MR) is 63.0 cm³/mol. The van der Waals surface area contributed by atoms with Gasteiger partial charge in [-0.15, -0.1) is 10.2 Å². The van der Waals surface area contributed by atoms with E-state index in [1.807, 2.05) is 0 Å². The molecular formula is C7H7BrN6OS. The molecule has 0 spiro atoms. The Morgan fingerprint density at radius 3 is 3.06 bits per heavy atom. The van der Waals surface area contributed by atoms with Crippen molar-refractivity contribution in [2.24, 2.45) is 5.84 Å². The summed E-state index contributed by atoms with van der Waals surface area (Å²) in [7, 11) is 0. The molecule has 2 rings (SSSR count). The Labute approximate surface area is 102 Å². The first-order valence-corrected chi connectivity index (χ1v) is 5.80. The van der Waals surface area contributed by atoms with Crippen LogP contribution in [0.1, 0.15) is 5.01 Å². The van der Waals surface area contributed by atoms with Gasteiger partial charge in [0.15, 0.2) is 0 Å². The van der Waals surface area contributed by atoms with Crippen LogP contribution in [0.15, 0.2) is 21.8 Å². The van der Waals surface area contributed by atoms with Crippen molar-refractivity contribution in [2.75, 3.05) is 5.43 Å². The summed E-state index contributed by atoms with van der Waals surface area (Å²) in [5.41, 5.74) is 2.23. The lowest BCUT2D eigenvalue weighted by Crippen LogP contribution is -2.21. The van der Waals surface area contributed by atoms with Gasteiger partial charge in [0, 0.05) is 6.20 Å². The van der Waals surface area contributed by atoms with Crippen LogP contribution in [0.5, 0.6) is 0 Å². The predicted octanol–water partition coefficient (Wildman–Crippen LogP) is 0.191. The third kappa shape index (κ3) is 2.26. The minimum absolute atomic E-state index is 0.160. The van der Waals surface area contributed by atoms with Gasteiger partial charge in [-0.3, -0.25) is 14.8 Å². The van der Waals surface area contributed by atoms with Gasteiger partial charge in [-0.1, -0.05) is 11.3 Å². The monoisotopic (exact) mass is 302 g/mol. The molecule has 0 radical (unpaired) electrons. The second kappa shape index (κ2) is 4.68. The minimum Gasteiger partial charge on any atom is -0.298 e. The number of nitrogens with one attached hydrogen (secondary N) is 1. The van der Waals surface area contributed by atoms with Crippen molar-refractivity contribution >= 4 is 32.4 Å². The average Bonchev–Trinajstić information content (AvgIpc) is 2.73. The zero-order valence-corrected chi connectivity index (χ0v) is 10.3. The van der Waals surface area contributed by atoms with Gasteiger partial charge in [0.05, 0.1) is 12.9 Å². The van der Waals surface area contributed by atoms with Crippen LogP contribution in [0.3, 0.4) is 0 Å². The van der Waals surface area contributed by atoms with E-state index in [0.29, 0.717) is 21.2 Å². The molecule has 0 aliphatic rings. The van der Waals surface area contributed by atoms with Crippen LogP contribution in [0.2, 0.25) is 0 Å². The van der Waals surface area contributed by atoms with Gasteiger partial charge in [-0.25, -0.2) is 10.8 Å². The summed E-state index contributed by atoms with van der Waals surface area (Å²) < 4.78 is 1.85. The Kier molecular flexibility index (Phi) is 3.27. The van der Waals surface area contributed by atoms with Gasteiger partial charge in [-0.2, -0.15) is 0 Å². The summed E-state index contributed by atoms with van der Waals surface area (Å²) in [6.07, 6.45) is 2.90. The van der Waals surface area contributed by atoms with Gasteiger partial charge in [0.1, 0.15) is 9.48 Å². The maximum Gasteiger partial charge on any atom is 0.267 e. The molecule has 0 atom stereocenters. The molecule has 2 heterocycles. The summed E-state index contributed by atoms with van der Waals surface area (Å²) in [4.78, 5) is 15.5. The molecule has 2 aromatic rings. The number of nitrogens with zero attached hydrogens (tertiary/aromatic N) is 4. The fourth-order valence-electron chi connectivity index (χ4n) is 1.06. The number of hydrazine groups is 1. The van der Waals surface area contributed by atoms with Crippen molar-refractivity contribution in [3.05, 3.63) is 32.4 Å². The zero-order valence-electron chi connectivity index (χ0n) is 7.92. The lowest BCUT2D eigenvalue weighted by atomic mass is 10.6. The first kappa shape index (κ1) is 11.2. The van der Waals surface area contributed by atoms with Gasteiger partial charge in [0.2, 0.25) is 5.13 Å². The lowest BCUT2D eigenvalue weighted by Gasteiger charge is -2.00. The number of aromatic nitrogens is 4. The summed E-state index contributed by atoms with van der Waals surface area (Å²) >= 11 is 4.40. The fraction of sp³-hybridized carbons (Fsp3) is 0.143. The van der Waals surface area contributed by atoms with Crippen LogP contribution in [-0.4, -0.2) is 19.7 Å². The standard InChI is InChI=1S/C7H7BrN6OS/c8-4-1-10-3-14(6(4)15)2-5-12-13-7(11-9)16-5/h1,3H,2,9H2,(H,11,13). The molecule has 3 N–H and O–H groups in total. The molecule has 0 amide bonds. The van der Waals surface area contributed by atoms with Crippen molar-refractivity contribution in [1.82, 2.24) is 19.7 Å². The molecule has 0 saturated heterocycles. The van der Waals surface area contributed by atoms with Crippen LogP contribution in [-0.2, 0) is 6.54 Å². The Morgan fingerprint density at radius 2 is 2.38 bits per heavy atom. The van der Waals surface area contributed by atoms with Gasteiger partial charge >= 0.3 is 0 Å². The lowest BCUT2D eigenvalue weighted by molar-refractivity contribution is 0.718. The molecule has 7 nitrogen and oxygen atoms in total. The average molecular weight is 303 g/mol. The third-order valence-electron chi connectivity index (χ3n) is 1.76. The van der Waals surface area contributed by atoms with E-state index in [9.17, 15) is 4.79 Å². The molecular weight excluding hydrogens is 296 g/mol. The molecule has 0 saturated carbocycles. The quantitative estimate of drug-likeness (QED) is 0.620. The molecule has 2 aromatic heterocycles. The van der Waals surface area contributed by atoms with E-state index in [1.165, 1.54) is 28.4 Å². The molecule has 0 aliphatic heterocycles. The van der Waals surface area contributed by atoms with E-state index in [0.717, 1.165) is 0 Å². The highest BCUT2D eigenvalue weighted by molar-refractivity contribution is 9.10. The number of halogens is 1. The third-order valence-corrected chi connectivity index (χ3v) is 3.14. The second-order valence-electron chi connectivity index (χ2n) is 2.82. The van der Waals surface area contributed by atoms with Gasteiger partial charge in [0.25, 0.3) is 5.56 Å². The highest BCUT2D eigenvalue weighted by Crippen LogP contribution is 2.14. The number of hydrogen-bond donors (Lipinski definition) is 2. The smallest absolute Gasteiger partial charge is 0.267 e. The van der Waals surface area contributed by atoms with Crippen molar-refractivity contribution in [2.45, 2.75) is 6.54 Å². The van der Waals surface area contributed by atoms with E-state index in [1.54, 1.807) is 0 Å². The minimum atomic E-state index is -0.160. The van der Waals surface area contributed by atoms with Gasteiger partial charge in [-0.05, 0) is 15.9 Å². The normalized spacial score (nSPS) is 10.4. The van der Waals surface area contributed by atoms with Crippen molar-refractivity contribution in [3.63, 3.8) is 0 Å². The van der Waals surface area contributed by atoms with Crippen molar-refractivity contribution in [3.8, 4) is 0 Å². The Balaban J connectivity index is 2.27. The molecule has 0 bridgehead atoms. The van der Waals surface area contributed by atoms with Crippen LogP contribution < -0.4 is 16.8 Å². The number of nitrogens with two attached hydrogens (primary N) is 1. The summed E-state index contributed by atoms with van der Waals surface area (Å²) in [5, 5.41) is 8.83. The van der Waals surface area contributed by atoms with Crippen molar-refractivity contribution < 1.29 is 0 Å². The second-order valence-corrected chi connectivity index (χ2v) is 4.74. The topological polar surface area (TPSA) is 98.7 Å². The van der Waals surface area contributed by atoms with E-state index < -0.39 is 0 Å². The van der Waals surface area contributed by atoms with E-state index in [-0.39, 0.29) is 5.56 Å². The van der Waals surface area contributed by atoms with Gasteiger partial charge < -0.3 is 0 Å². The molecule has 16 heavy (non-hydrogen) atoms. The van der Waals surface area contributed by atoms with Crippen LogP contribution >= 0.6 is 27.3 Å². The summed E-state index contributed by atoms with van der Waals surface area (Å²) in [6, 6.07) is 0. The Bertz CT molecular complexity index is 552. The number of hydrogen-bond acceptors (Lipinski definition) is 7. The highest BCUT2D eigenvalue weighted by Gasteiger charge is 2.06. The molecule has 0 aromatic carbocycles. The molecule has 0 unspecified atom stereocenters. The summed E-state index contributed by atoms with van der Waals surface area (Å²) in [5.74, 6) is 5.18. The molecule has 0 aliphatic carbocycles. The van der Waals surface area contributed by atoms with E-state index in [4.69, 9.17) is 5.84 Å². The van der Waals surface area contributed by atoms with E-state index >= 15 is 0 Å². The van der Waals surface area contributed by atoms with Crippen LogP contribution in [0, 0.1) is 0 Å². The Morgan fingerprint density at radius 1 is 1.56 bits per heavy atom. The molecule has 9 heteroatoms. The van der Waals surface area contributed by atoms with Crippen molar-refractivity contribution in [1.29, 1.82) is 0 Å². The first-order valence-electron chi connectivity index (χ1n) is 4.19. The number of nitrogen functional groups attached to an aromatic ring is 1.